The van der Waals surface area contributed by atoms with Crippen LogP contribution in [0.5, 0.6) is 0 Å². The molecule has 0 unspecified atom stereocenters. The topological polar surface area (TPSA) is 29.1 Å². The molecular formula is C21H43NO. The molecular weight excluding hydrogens is 282 g/mol. The largest absolute Gasteiger partial charge is 0.356 e. The van der Waals surface area contributed by atoms with E-state index in [4.69, 9.17) is 0 Å². The lowest BCUT2D eigenvalue weighted by molar-refractivity contribution is -0.121. The van der Waals surface area contributed by atoms with Crippen LogP contribution >= 0.6 is 0 Å². The molecule has 0 aromatic carbocycles. The molecule has 0 aliphatic heterocycles. The molecule has 0 saturated carbocycles. The summed E-state index contributed by atoms with van der Waals surface area (Å²) in [6, 6.07) is 0. The summed E-state index contributed by atoms with van der Waals surface area (Å²) in [5.41, 5.74) is 0. The maximum Gasteiger partial charge on any atom is 0.219 e. The normalized spacial score (nSPS) is 11.4. The zero-order valence-electron chi connectivity index (χ0n) is 16.5. The number of amides is 1. The molecule has 0 spiro atoms. The number of carbonyl (C=O) groups is 1. The van der Waals surface area contributed by atoms with Gasteiger partial charge in [0.1, 0.15) is 0 Å². The third-order valence-electron chi connectivity index (χ3n) is 4.47. The summed E-state index contributed by atoms with van der Waals surface area (Å²) in [6.45, 7) is 9.92. The van der Waals surface area contributed by atoms with Crippen LogP contribution in [0.15, 0.2) is 0 Å². The fourth-order valence-electron chi connectivity index (χ4n) is 2.90. The van der Waals surface area contributed by atoms with E-state index in [0.717, 1.165) is 31.7 Å². The molecule has 0 saturated heterocycles. The summed E-state index contributed by atoms with van der Waals surface area (Å²) in [4.78, 5) is 11.6. The maximum absolute atomic E-state index is 11.6. The monoisotopic (exact) mass is 325 g/mol. The highest BCUT2D eigenvalue weighted by Gasteiger charge is 2.01. The second-order valence-electron chi connectivity index (χ2n) is 8.00. The molecule has 0 heterocycles. The van der Waals surface area contributed by atoms with Crippen molar-refractivity contribution in [1.82, 2.24) is 5.32 Å². The minimum absolute atomic E-state index is 0.243. The summed E-state index contributed by atoms with van der Waals surface area (Å²) in [5.74, 6) is 1.82. The second kappa shape index (κ2) is 16.3. The van der Waals surface area contributed by atoms with Crippen LogP contribution in [0.2, 0.25) is 0 Å². The molecule has 0 fully saturated rings. The van der Waals surface area contributed by atoms with Gasteiger partial charge in [-0.05, 0) is 24.7 Å². The Morgan fingerprint density at radius 2 is 1.09 bits per heavy atom. The zero-order valence-corrected chi connectivity index (χ0v) is 16.5. The lowest BCUT2D eigenvalue weighted by Gasteiger charge is -2.07. The summed E-state index contributed by atoms with van der Waals surface area (Å²) in [7, 11) is 0. The number of nitrogens with one attached hydrogen (secondary N) is 1. The zero-order chi connectivity index (χ0) is 17.3. The molecule has 1 amide bonds. The Kier molecular flexibility index (Phi) is 16.0. The van der Waals surface area contributed by atoms with Gasteiger partial charge in [-0.3, -0.25) is 4.79 Å². The van der Waals surface area contributed by atoms with Gasteiger partial charge in [0.2, 0.25) is 5.91 Å². The molecule has 0 aliphatic carbocycles. The van der Waals surface area contributed by atoms with E-state index in [1.807, 2.05) is 0 Å². The highest BCUT2D eigenvalue weighted by Crippen LogP contribution is 2.13. The number of hydrogen-bond donors (Lipinski definition) is 1. The van der Waals surface area contributed by atoms with Gasteiger partial charge in [-0.1, -0.05) is 91.9 Å². The van der Waals surface area contributed by atoms with E-state index in [0.29, 0.717) is 12.3 Å². The molecule has 2 nitrogen and oxygen atoms in total. The van der Waals surface area contributed by atoms with Crippen molar-refractivity contribution in [2.45, 2.75) is 111 Å². The Bertz CT molecular complexity index is 261. The molecule has 0 aliphatic rings. The van der Waals surface area contributed by atoms with Gasteiger partial charge in [-0.25, -0.2) is 0 Å². The Balaban J connectivity index is 3.14. The molecule has 0 aromatic rings. The van der Waals surface area contributed by atoms with Crippen LogP contribution in [-0.4, -0.2) is 12.5 Å². The van der Waals surface area contributed by atoms with Gasteiger partial charge in [-0.2, -0.15) is 0 Å². The van der Waals surface area contributed by atoms with Crippen LogP contribution in [0.3, 0.4) is 0 Å². The average Bonchev–Trinajstić information content (AvgIpc) is 2.47. The average molecular weight is 326 g/mol. The second-order valence-corrected chi connectivity index (χ2v) is 8.00. The van der Waals surface area contributed by atoms with Crippen LogP contribution in [-0.2, 0) is 4.79 Å². The van der Waals surface area contributed by atoms with Crippen molar-refractivity contribution in [3.63, 3.8) is 0 Å². The van der Waals surface area contributed by atoms with Gasteiger partial charge in [0.15, 0.2) is 0 Å². The van der Waals surface area contributed by atoms with E-state index in [1.54, 1.807) is 0 Å². The van der Waals surface area contributed by atoms with Crippen LogP contribution in [0.4, 0.5) is 0 Å². The van der Waals surface area contributed by atoms with E-state index in [1.165, 1.54) is 57.8 Å². The smallest absolute Gasteiger partial charge is 0.219 e. The molecule has 2 heteroatoms. The number of hydrogen-bond acceptors (Lipinski definition) is 1. The standard InChI is InChI=1S/C21H43NO/c1-19(2)15-12-10-8-6-5-7-9-11-13-18-22-21(23)17-14-16-20(3)4/h19-20H,5-18H2,1-4H3,(H,22,23). The van der Waals surface area contributed by atoms with E-state index < -0.39 is 0 Å². The highest BCUT2D eigenvalue weighted by atomic mass is 16.1. The van der Waals surface area contributed by atoms with Gasteiger partial charge in [0.25, 0.3) is 0 Å². The Hall–Kier alpha value is -0.530. The minimum Gasteiger partial charge on any atom is -0.356 e. The van der Waals surface area contributed by atoms with Crippen molar-refractivity contribution < 1.29 is 4.79 Å². The first-order valence-corrected chi connectivity index (χ1v) is 10.3. The van der Waals surface area contributed by atoms with Crippen LogP contribution in [0, 0.1) is 11.8 Å². The fourth-order valence-corrected chi connectivity index (χ4v) is 2.90. The van der Waals surface area contributed by atoms with Gasteiger partial charge in [0.05, 0.1) is 0 Å². The molecule has 23 heavy (non-hydrogen) atoms. The SMILES string of the molecule is CC(C)CCCCCCCCCCCNC(=O)CCCC(C)C. The maximum atomic E-state index is 11.6. The number of rotatable bonds is 16. The molecule has 0 atom stereocenters. The summed E-state index contributed by atoms with van der Waals surface area (Å²) < 4.78 is 0. The lowest BCUT2D eigenvalue weighted by atomic mass is 10.0. The predicted molar refractivity (Wildman–Crippen MR) is 103 cm³/mol. The summed E-state index contributed by atoms with van der Waals surface area (Å²) in [6.07, 6.45) is 16.4. The van der Waals surface area contributed by atoms with Crippen LogP contribution in [0.1, 0.15) is 111 Å². The first kappa shape index (κ1) is 22.5. The minimum atomic E-state index is 0.243. The van der Waals surface area contributed by atoms with Crippen molar-refractivity contribution in [3.05, 3.63) is 0 Å². The first-order chi connectivity index (χ1) is 11.0. The third kappa shape index (κ3) is 19.4. The highest BCUT2D eigenvalue weighted by molar-refractivity contribution is 5.75. The van der Waals surface area contributed by atoms with Crippen LogP contribution < -0.4 is 5.32 Å². The summed E-state index contributed by atoms with van der Waals surface area (Å²) in [5, 5.41) is 3.05. The Morgan fingerprint density at radius 1 is 0.652 bits per heavy atom. The van der Waals surface area contributed by atoms with Crippen LogP contribution in [0.25, 0.3) is 0 Å². The fraction of sp³-hybridized carbons (Fsp3) is 0.952. The molecule has 0 radical (unpaired) electrons. The number of carbonyl (C=O) groups excluding carboxylic acids is 1. The van der Waals surface area contributed by atoms with E-state index >= 15 is 0 Å². The van der Waals surface area contributed by atoms with E-state index in [2.05, 4.69) is 33.0 Å². The lowest BCUT2D eigenvalue weighted by Crippen LogP contribution is -2.24. The van der Waals surface area contributed by atoms with Gasteiger partial charge in [-0.15, -0.1) is 0 Å². The Morgan fingerprint density at radius 3 is 1.61 bits per heavy atom. The van der Waals surface area contributed by atoms with Crippen molar-refractivity contribution in [2.75, 3.05) is 6.54 Å². The first-order valence-electron chi connectivity index (χ1n) is 10.3. The van der Waals surface area contributed by atoms with Crippen molar-refractivity contribution in [1.29, 1.82) is 0 Å². The third-order valence-corrected chi connectivity index (χ3v) is 4.47. The molecule has 1 N–H and O–H groups in total. The van der Waals surface area contributed by atoms with Crippen molar-refractivity contribution in [3.8, 4) is 0 Å². The predicted octanol–water partition coefficient (Wildman–Crippen LogP) is 6.49. The quantitative estimate of drug-likeness (QED) is 0.323. The van der Waals surface area contributed by atoms with Gasteiger partial charge >= 0.3 is 0 Å². The van der Waals surface area contributed by atoms with Crippen molar-refractivity contribution >= 4 is 5.91 Å². The van der Waals surface area contributed by atoms with Crippen molar-refractivity contribution in [2.24, 2.45) is 11.8 Å². The number of unbranched alkanes of at least 4 members (excludes halogenated alkanes) is 8. The molecule has 138 valence electrons. The Labute approximate surface area is 146 Å². The molecule has 0 rings (SSSR count). The summed E-state index contributed by atoms with van der Waals surface area (Å²) >= 11 is 0. The van der Waals surface area contributed by atoms with E-state index in [-0.39, 0.29) is 5.91 Å². The van der Waals surface area contributed by atoms with E-state index in [9.17, 15) is 4.79 Å². The van der Waals surface area contributed by atoms with Gasteiger partial charge < -0.3 is 5.32 Å². The molecule has 0 aromatic heterocycles. The molecule has 0 bridgehead atoms. The van der Waals surface area contributed by atoms with Gasteiger partial charge in [0, 0.05) is 13.0 Å².